The smallest absolute Gasteiger partial charge is 0.171 e. The van der Waals surface area contributed by atoms with Gasteiger partial charge in [0.25, 0.3) is 0 Å². The molecule has 0 amide bonds. The van der Waals surface area contributed by atoms with E-state index in [0.29, 0.717) is 11.2 Å². The average Bonchev–Trinajstić information content (AvgIpc) is 2.27. The molecule has 16 heavy (non-hydrogen) atoms. The molecule has 1 N–H and O–H groups in total. The second-order valence-corrected chi connectivity index (χ2v) is 5.65. The van der Waals surface area contributed by atoms with Crippen LogP contribution < -0.4 is 5.32 Å². The quantitative estimate of drug-likeness (QED) is 0.884. The summed E-state index contributed by atoms with van der Waals surface area (Å²) in [6.07, 6.45) is 2.35. The maximum atomic E-state index is 6.08. The number of hydrogen-bond donors (Lipinski definition) is 1. The predicted molar refractivity (Wildman–Crippen MR) is 70.5 cm³/mol. The molecule has 0 spiro atoms. The lowest BCUT2D eigenvalue weighted by molar-refractivity contribution is 0.662. The number of thioether (sulfide) groups is 1. The van der Waals surface area contributed by atoms with Crippen molar-refractivity contribution in [3.8, 4) is 0 Å². The second kappa shape index (κ2) is 5.23. The molecule has 2 rings (SSSR count). The number of hydrogen-bond acceptors (Lipinski definition) is 4. The van der Waals surface area contributed by atoms with Crippen molar-refractivity contribution >= 4 is 29.2 Å². The highest BCUT2D eigenvalue weighted by Gasteiger charge is 2.16. The Hall–Kier alpha value is -0.480. The Bertz CT molecular complexity index is 378. The van der Waals surface area contributed by atoms with Gasteiger partial charge in [-0.2, -0.15) is 11.8 Å². The van der Waals surface area contributed by atoms with E-state index in [-0.39, 0.29) is 0 Å². The second-order valence-electron chi connectivity index (χ2n) is 4.06. The Balaban J connectivity index is 2.11. The van der Waals surface area contributed by atoms with Crippen LogP contribution in [0.3, 0.4) is 0 Å². The fraction of sp³-hybridized carbons (Fsp3) is 0.636. The van der Waals surface area contributed by atoms with E-state index >= 15 is 0 Å². The molecule has 1 saturated heterocycles. The van der Waals surface area contributed by atoms with Gasteiger partial charge in [0, 0.05) is 6.04 Å². The molecule has 88 valence electrons. The number of halogens is 1. The van der Waals surface area contributed by atoms with Crippen LogP contribution in [0.5, 0.6) is 0 Å². The monoisotopic (exact) mass is 257 g/mol. The highest BCUT2D eigenvalue weighted by Crippen LogP contribution is 2.24. The van der Waals surface area contributed by atoms with Crippen molar-refractivity contribution in [2.24, 2.45) is 0 Å². The highest BCUT2D eigenvalue weighted by atomic mass is 35.5. The standard InChI is InChI=1S/C11H16ClN3S/c1-7-8(2)14-11(10(12)13-7)15-9-3-5-16-6-4-9/h9H,3-6H2,1-2H3,(H,14,15). The molecule has 0 radical (unpaired) electrons. The summed E-state index contributed by atoms with van der Waals surface area (Å²) >= 11 is 8.09. The van der Waals surface area contributed by atoms with E-state index in [1.165, 1.54) is 24.3 Å². The molecule has 1 aromatic rings. The van der Waals surface area contributed by atoms with E-state index < -0.39 is 0 Å². The van der Waals surface area contributed by atoms with Gasteiger partial charge in [-0.1, -0.05) is 11.6 Å². The average molecular weight is 258 g/mol. The first-order valence-electron chi connectivity index (χ1n) is 5.52. The third-order valence-corrected chi connectivity index (χ3v) is 4.14. The van der Waals surface area contributed by atoms with Gasteiger partial charge in [-0.05, 0) is 38.2 Å². The molecule has 1 aromatic heterocycles. The van der Waals surface area contributed by atoms with Gasteiger partial charge >= 0.3 is 0 Å². The molecule has 1 aliphatic rings. The van der Waals surface area contributed by atoms with E-state index in [2.05, 4.69) is 15.3 Å². The molecule has 3 nitrogen and oxygen atoms in total. The maximum absolute atomic E-state index is 6.08. The maximum Gasteiger partial charge on any atom is 0.171 e. The van der Waals surface area contributed by atoms with Crippen LogP contribution in [0.4, 0.5) is 5.82 Å². The van der Waals surface area contributed by atoms with Gasteiger partial charge < -0.3 is 5.32 Å². The van der Waals surface area contributed by atoms with Gasteiger partial charge in [-0.3, -0.25) is 0 Å². The van der Waals surface area contributed by atoms with Crippen LogP contribution in [0.25, 0.3) is 0 Å². The number of anilines is 1. The Morgan fingerprint density at radius 1 is 1.19 bits per heavy atom. The van der Waals surface area contributed by atoms with Crippen LogP contribution in [0.1, 0.15) is 24.2 Å². The summed E-state index contributed by atoms with van der Waals surface area (Å²) in [4.78, 5) is 8.73. The summed E-state index contributed by atoms with van der Waals surface area (Å²) < 4.78 is 0. The number of rotatable bonds is 2. The molecule has 0 atom stereocenters. The van der Waals surface area contributed by atoms with Gasteiger partial charge in [0.15, 0.2) is 11.0 Å². The van der Waals surface area contributed by atoms with Crippen LogP contribution in [0, 0.1) is 13.8 Å². The highest BCUT2D eigenvalue weighted by molar-refractivity contribution is 7.99. The summed E-state index contributed by atoms with van der Waals surface area (Å²) in [7, 11) is 0. The van der Waals surface area contributed by atoms with Crippen molar-refractivity contribution in [3.05, 3.63) is 16.5 Å². The van der Waals surface area contributed by atoms with Crippen molar-refractivity contribution < 1.29 is 0 Å². The molecule has 2 heterocycles. The zero-order valence-corrected chi connectivity index (χ0v) is 11.2. The van der Waals surface area contributed by atoms with Crippen LogP contribution in [-0.2, 0) is 0 Å². The molecule has 5 heteroatoms. The summed E-state index contributed by atoms with van der Waals surface area (Å²) in [5, 5.41) is 3.89. The van der Waals surface area contributed by atoms with E-state index in [9.17, 15) is 0 Å². The number of nitrogens with zero attached hydrogens (tertiary/aromatic N) is 2. The van der Waals surface area contributed by atoms with Gasteiger partial charge in [0.05, 0.1) is 11.4 Å². The first kappa shape index (κ1) is 12.0. The zero-order chi connectivity index (χ0) is 11.5. The predicted octanol–water partition coefficient (Wildman–Crippen LogP) is 3.05. The fourth-order valence-electron chi connectivity index (χ4n) is 1.70. The van der Waals surface area contributed by atoms with Crippen LogP contribution >= 0.6 is 23.4 Å². The first-order valence-corrected chi connectivity index (χ1v) is 7.05. The molecular formula is C11H16ClN3S. The minimum absolute atomic E-state index is 0.487. The van der Waals surface area contributed by atoms with Gasteiger partial charge in [-0.25, -0.2) is 9.97 Å². The number of nitrogens with one attached hydrogen (secondary N) is 1. The molecule has 0 aliphatic carbocycles. The minimum Gasteiger partial charge on any atom is -0.365 e. The van der Waals surface area contributed by atoms with Crippen molar-refractivity contribution in [2.75, 3.05) is 16.8 Å². The van der Waals surface area contributed by atoms with E-state index in [0.717, 1.165) is 17.2 Å². The van der Waals surface area contributed by atoms with Gasteiger partial charge in [0.2, 0.25) is 0 Å². The number of aromatic nitrogens is 2. The lowest BCUT2D eigenvalue weighted by atomic mass is 10.1. The molecule has 0 unspecified atom stereocenters. The first-order chi connectivity index (χ1) is 7.66. The molecule has 0 saturated carbocycles. The normalized spacial score (nSPS) is 17.4. The van der Waals surface area contributed by atoms with Gasteiger partial charge in [0.1, 0.15) is 0 Å². The Kier molecular flexibility index (Phi) is 3.92. The summed E-state index contributed by atoms with van der Waals surface area (Å²) in [6, 6.07) is 0.496. The fourth-order valence-corrected chi connectivity index (χ4v) is 3.03. The van der Waals surface area contributed by atoms with E-state index in [1.54, 1.807) is 0 Å². The minimum atomic E-state index is 0.487. The molecular weight excluding hydrogens is 242 g/mol. The molecule has 1 fully saturated rings. The molecule has 0 aromatic carbocycles. The molecule has 1 aliphatic heterocycles. The lowest BCUT2D eigenvalue weighted by Crippen LogP contribution is -2.25. The van der Waals surface area contributed by atoms with Crippen molar-refractivity contribution in [1.29, 1.82) is 0 Å². The lowest BCUT2D eigenvalue weighted by Gasteiger charge is -2.23. The summed E-state index contributed by atoms with van der Waals surface area (Å²) in [6.45, 7) is 3.88. The van der Waals surface area contributed by atoms with Gasteiger partial charge in [-0.15, -0.1) is 0 Å². The topological polar surface area (TPSA) is 37.8 Å². The summed E-state index contributed by atoms with van der Waals surface area (Å²) in [5.41, 5.74) is 1.84. The van der Waals surface area contributed by atoms with Crippen LogP contribution in [0.2, 0.25) is 5.15 Å². The van der Waals surface area contributed by atoms with Crippen LogP contribution in [0.15, 0.2) is 0 Å². The van der Waals surface area contributed by atoms with Crippen molar-refractivity contribution in [2.45, 2.75) is 32.7 Å². The Morgan fingerprint density at radius 3 is 2.50 bits per heavy atom. The number of aryl methyl sites for hydroxylation is 2. The molecule has 0 bridgehead atoms. The third-order valence-electron chi connectivity index (χ3n) is 2.83. The van der Waals surface area contributed by atoms with E-state index in [4.69, 9.17) is 11.6 Å². The van der Waals surface area contributed by atoms with Crippen LogP contribution in [-0.4, -0.2) is 27.5 Å². The largest absolute Gasteiger partial charge is 0.365 e. The Labute approximate surface area is 105 Å². The third kappa shape index (κ3) is 2.80. The van der Waals surface area contributed by atoms with Crippen molar-refractivity contribution in [1.82, 2.24) is 9.97 Å². The van der Waals surface area contributed by atoms with E-state index in [1.807, 2.05) is 25.6 Å². The summed E-state index contributed by atoms with van der Waals surface area (Å²) in [5.74, 6) is 3.17. The zero-order valence-electron chi connectivity index (χ0n) is 9.59. The Morgan fingerprint density at radius 2 is 1.81 bits per heavy atom. The SMILES string of the molecule is Cc1nc(Cl)c(NC2CCSCC2)nc1C. The van der Waals surface area contributed by atoms with Crippen molar-refractivity contribution in [3.63, 3.8) is 0 Å².